The number of nitrogens with zero attached hydrogens (tertiary/aromatic N) is 2. The Morgan fingerprint density at radius 3 is 2.57 bits per heavy atom. The summed E-state index contributed by atoms with van der Waals surface area (Å²) in [5.74, 6) is -1.97. The Balaban J connectivity index is 1.96. The number of halogens is 2. The minimum atomic E-state index is -0.940. The zero-order chi connectivity index (χ0) is 15.5. The van der Waals surface area contributed by atoms with E-state index in [4.69, 9.17) is 0 Å². The Kier molecular flexibility index (Phi) is 4.84. The van der Waals surface area contributed by atoms with E-state index in [2.05, 4.69) is 6.07 Å². The van der Waals surface area contributed by atoms with Crippen LogP contribution in [0.4, 0.5) is 8.78 Å². The molecule has 1 aromatic carbocycles. The Hall–Kier alpha value is -1.61. The highest BCUT2D eigenvalue weighted by molar-refractivity contribution is 8.00. The lowest BCUT2D eigenvalue weighted by Crippen LogP contribution is -2.45. The second-order valence-electron chi connectivity index (χ2n) is 5.12. The first-order chi connectivity index (χ1) is 9.99. The van der Waals surface area contributed by atoms with Crippen molar-refractivity contribution < 1.29 is 13.6 Å². The molecule has 0 bridgehead atoms. The van der Waals surface area contributed by atoms with E-state index in [1.54, 1.807) is 4.90 Å². The summed E-state index contributed by atoms with van der Waals surface area (Å²) < 4.78 is 25.6. The fraction of sp³-hybridized carbons (Fsp3) is 0.467. The van der Waals surface area contributed by atoms with E-state index < -0.39 is 16.4 Å². The van der Waals surface area contributed by atoms with Gasteiger partial charge in [0.1, 0.15) is 4.75 Å². The predicted octanol–water partition coefficient (Wildman–Crippen LogP) is 2.76. The minimum Gasteiger partial charge on any atom is -0.342 e. The number of benzene rings is 1. The second-order valence-corrected chi connectivity index (χ2v) is 6.31. The molecule has 1 heterocycles. The van der Waals surface area contributed by atoms with Crippen LogP contribution >= 0.6 is 11.8 Å². The largest absolute Gasteiger partial charge is 0.342 e. The van der Waals surface area contributed by atoms with Crippen LogP contribution in [-0.2, 0) is 11.2 Å². The van der Waals surface area contributed by atoms with Crippen molar-refractivity contribution in [1.29, 1.82) is 5.26 Å². The van der Waals surface area contributed by atoms with E-state index in [1.165, 1.54) is 17.8 Å². The average Bonchev–Trinajstić information content (AvgIpc) is 2.51. The Labute approximate surface area is 126 Å². The molecule has 0 aliphatic carbocycles. The standard InChI is InChI=1S/C15H16F2N2OS/c1-21-15(10-18)4-6-19(7-5-15)14(20)9-11-2-3-12(16)13(17)8-11/h2-3,8H,4-7,9H2,1H3. The molecule has 1 aliphatic rings. The molecule has 1 aliphatic heterocycles. The quantitative estimate of drug-likeness (QED) is 0.862. The van der Waals surface area contributed by atoms with Crippen LogP contribution in [0.3, 0.4) is 0 Å². The number of piperidine rings is 1. The Morgan fingerprint density at radius 2 is 2.05 bits per heavy atom. The molecule has 0 spiro atoms. The van der Waals surface area contributed by atoms with Crippen LogP contribution in [0.25, 0.3) is 0 Å². The molecule has 21 heavy (non-hydrogen) atoms. The van der Waals surface area contributed by atoms with Gasteiger partial charge in [-0.3, -0.25) is 4.79 Å². The third-order valence-electron chi connectivity index (χ3n) is 3.86. The average molecular weight is 310 g/mol. The van der Waals surface area contributed by atoms with Crippen molar-refractivity contribution in [3.05, 3.63) is 35.4 Å². The van der Waals surface area contributed by atoms with E-state index in [0.29, 0.717) is 31.5 Å². The van der Waals surface area contributed by atoms with Crippen molar-refractivity contribution in [3.63, 3.8) is 0 Å². The lowest BCUT2D eigenvalue weighted by atomic mass is 9.96. The monoisotopic (exact) mass is 310 g/mol. The second kappa shape index (κ2) is 6.44. The van der Waals surface area contributed by atoms with Crippen LogP contribution in [0.15, 0.2) is 18.2 Å². The zero-order valence-corrected chi connectivity index (χ0v) is 12.6. The maximum Gasteiger partial charge on any atom is 0.226 e. The number of rotatable bonds is 3. The van der Waals surface area contributed by atoms with Crippen LogP contribution in [0.2, 0.25) is 0 Å². The van der Waals surface area contributed by atoms with Gasteiger partial charge in [0, 0.05) is 13.1 Å². The predicted molar refractivity (Wildman–Crippen MR) is 77.7 cm³/mol. The number of likely N-dealkylation sites (tertiary alicyclic amines) is 1. The van der Waals surface area contributed by atoms with Crippen LogP contribution in [0.1, 0.15) is 18.4 Å². The number of carbonyl (C=O) groups excluding carboxylic acids is 1. The van der Waals surface area contributed by atoms with Gasteiger partial charge in [-0.15, -0.1) is 11.8 Å². The van der Waals surface area contributed by atoms with Gasteiger partial charge >= 0.3 is 0 Å². The molecule has 2 rings (SSSR count). The maximum absolute atomic E-state index is 13.1. The van der Waals surface area contributed by atoms with E-state index in [0.717, 1.165) is 12.1 Å². The summed E-state index contributed by atoms with van der Waals surface area (Å²) in [6, 6.07) is 5.83. The van der Waals surface area contributed by atoms with Crippen molar-refractivity contribution in [2.75, 3.05) is 19.3 Å². The molecule has 0 aromatic heterocycles. The molecule has 112 valence electrons. The third-order valence-corrected chi connectivity index (χ3v) is 5.14. The first-order valence-electron chi connectivity index (χ1n) is 6.68. The Morgan fingerprint density at radius 1 is 1.38 bits per heavy atom. The molecule has 1 amide bonds. The van der Waals surface area contributed by atoms with Gasteiger partial charge in [0.05, 0.1) is 12.5 Å². The van der Waals surface area contributed by atoms with Gasteiger partial charge in [0.25, 0.3) is 0 Å². The van der Waals surface area contributed by atoms with E-state index in [1.807, 2.05) is 6.26 Å². The van der Waals surface area contributed by atoms with Crippen molar-refractivity contribution >= 4 is 17.7 Å². The SMILES string of the molecule is CSC1(C#N)CCN(C(=O)Cc2ccc(F)c(F)c2)CC1. The van der Waals surface area contributed by atoms with Gasteiger partial charge in [-0.1, -0.05) is 6.07 Å². The fourth-order valence-corrected chi connectivity index (χ4v) is 3.10. The van der Waals surface area contributed by atoms with Gasteiger partial charge in [-0.05, 0) is 36.8 Å². The molecule has 0 N–H and O–H groups in total. The normalized spacial score (nSPS) is 17.3. The first kappa shape index (κ1) is 15.8. The highest BCUT2D eigenvalue weighted by atomic mass is 32.2. The van der Waals surface area contributed by atoms with E-state index >= 15 is 0 Å². The molecule has 1 fully saturated rings. The highest BCUT2D eigenvalue weighted by Gasteiger charge is 2.35. The van der Waals surface area contributed by atoms with Crippen molar-refractivity contribution in [3.8, 4) is 6.07 Å². The molecule has 3 nitrogen and oxygen atoms in total. The van der Waals surface area contributed by atoms with E-state index in [-0.39, 0.29) is 12.3 Å². The number of carbonyl (C=O) groups is 1. The summed E-state index contributed by atoms with van der Waals surface area (Å²) in [5.41, 5.74) is 0.459. The molecular formula is C15H16F2N2OS. The summed E-state index contributed by atoms with van der Waals surface area (Å²) in [5, 5.41) is 9.21. The molecular weight excluding hydrogens is 294 g/mol. The minimum absolute atomic E-state index is 0.0516. The zero-order valence-electron chi connectivity index (χ0n) is 11.7. The lowest BCUT2D eigenvalue weighted by Gasteiger charge is -2.36. The summed E-state index contributed by atoms with van der Waals surface area (Å²) in [6.07, 6.45) is 3.22. The summed E-state index contributed by atoms with van der Waals surface area (Å²) in [6.45, 7) is 1.05. The molecule has 0 atom stereocenters. The molecule has 0 saturated carbocycles. The Bertz CT molecular complexity index is 578. The number of hydrogen-bond acceptors (Lipinski definition) is 3. The third kappa shape index (κ3) is 3.53. The topological polar surface area (TPSA) is 44.1 Å². The smallest absolute Gasteiger partial charge is 0.226 e. The van der Waals surface area contributed by atoms with Crippen molar-refractivity contribution in [2.24, 2.45) is 0 Å². The highest BCUT2D eigenvalue weighted by Crippen LogP contribution is 2.33. The van der Waals surface area contributed by atoms with Crippen molar-refractivity contribution in [1.82, 2.24) is 4.90 Å². The van der Waals surface area contributed by atoms with Crippen molar-refractivity contribution in [2.45, 2.75) is 24.0 Å². The molecule has 1 aromatic rings. The number of amides is 1. The number of nitriles is 1. The summed E-state index contributed by atoms with van der Waals surface area (Å²) in [4.78, 5) is 13.9. The lowest BCUT2D eigenvalue weighted by molar-refractivity contribution is -0.131. The summed E-state index contributed by atoms with van der Waals surface area (Å²) in [7, 11) is 0. The van der Waals surface area contributed by atoms with Gasteiger partial charge in [0.15, 0.2) is 11.6 Å². The van der Waals surface area contributed by atoms with Gasteiger partial charge < -0.3 is 4.90 Å². The van der Waals surface area contributed by atoms with Crippen LogP contribution in [-0.4, -0.2) is 34.9 Å². The van der Waals surface area contributed by atoms with Crippen LogP contribution < -0.4 is 0 Å². The molecule has 0 radical (unpaired) electrons. The van der Waals surface area contributed by atoms with Crippen LogP contribution in [0, 0.1) is 23.0 Å². The van der Waals surface area contributed by atoms with E-state index in [9.17, 15) is 18.8 Å². The van der Waals surface area contributed by atoms with Gasteiger partial charge in [0.2, 0.25) is 5.91 Å². The summed E-state index contributed by atoms with van der Waals surface area (Å²) >= 11 is 1.52. The first-order valence-corrected chi connectivity index (χ1v) is 7.90. The van der Waals surface area contributed by atoms with Crippen LogP contribution in [0.5, 0.6) is 0 Å². The molecule has 6 heteroatoms. The molecule has 1 saturated heterocycles. The maximum atomic E-state index is 13.1. The number of thioether (sulfide) groups is 1. The van der Waals surface area contributed by atoms with Gasteiger partial charge in [-0.2, -0.15) is 5.26 Å². The van der Waals surface area contributed by atoms with Gasteiger partial charge in [-0.25, -0.2) is 8.78 Å². The molecule has 0 unspecified atom stereocenters. The fourth-order valence-electron chi connectivity index (χ4n) is 2.41. The number of hydrogen-bond donors (Lipinski definition) is 0.